The summed E-state index contributed by atoms with van der Waals surface area (Å²) >= 11 is 0. The van der Waals surface area contributed by atoms with E-state index in [2.05, 4.69) is 11.2 Å². The Bertz CT molecular complexity index is 953. The Morgan fingerprint density at radius 1 is 1.20 bits per heavy atom. The molecule has 1 aromatic heterocycles. The van der Waals surface area contributed by atoms with Gasteiger partial charge in [0.2, 0.25) is 0 Å². The van der Waals surface area contributed by atoms with Crippen LogP contribution in [0.3, 0.4) is 0 Å². The molecule has 1 aliphatic carbocycles. The minimum absolute atomic E-state index is 0.362. The Hall–Kier alpha value is -3.14. The van der Waals surface area contributed by atoms with Crippen molar-refractivity contribution in [1.29, 1.82) is 5.26 Å². The molecule has 7 nitrogen and oxygen atoms in total. The van der Waals surface area contributed by atoms with Crippen LogP contribution in [0.15, 0.2) is 30.3 Å². The van der Waals surface area contributed by atoms with Crippen molar-refractivity contribution in [2.45, 2.75) is 58.0 Å². The lowest BCUT2D eigenvalue weighted by Gasteiger charge is -2.38. The maximum atomic E-state index is 12.7. The fourth-order valence-electron chi connectivity index (χ4n) is 4.10. The molecule has 0 spiro atoms. The van der Waals surface area contributed by atoms with Crippen molar-refractivity contribution in [1.82, 2.24) is 14.7 Å². The molecule has 158 valence electrons. The summed E-state index contributed by atoms with van der Waals surface area (Å²) < 4.78 is 7.09. The summed E-state index contributed by atoms with van der Waals surface area (Å²) in [6, 6.07) is 12.2. The van der Waals surface area contributed by atoms with Gasteiger partial charge in [-0.1, -0.05) is 49.6 Å². The third-order valence-corrected chi connectivity index (χ3v) is 5.99. The number of aromatic nitrogens is 2. The standard InChI is InChI=1S/C23H28N4O3/c1-17-21(18(2)27(25-17)14-19-10-6-4-7-11-19)22(29)30-15-20(28)26(3)23(16-24)12-8-5-9-13-23/h4,6-7,10-11H,5,8-9,12-15H2,1-3H3. The molecule has 7 heteroatoms. The van der Waals surface area contributed by atoms with Crippen LogP contribution in [0.5, 0.6) is 0 Å². The van der Waals surface area contributed by atoms with Crippen molar-refractivity contribution in [2.24, 2.45) is 0 Å². The Morgan fingerprint density at radius 2 is 1.87 bits per heavy atom. The van der Waals surface area contributed by atoms with Gasteiger partial charge in [-0.25, -0.2) is 4.79 Å². The third kappa shape index (κ3) is 4.38. The molecule has 1 heterocycles. The Morgan fingerprint density at radius 3 is 2.50 bits per heavy atom. The first kappa shape index (κ1) is 21.6. The van der Waals surface area contributed by atoms with Gasteiger partial charge in [0.05, 0.1) is 24.0 Å². The molecule has 0 N–H and O–H groups in total. The summed E-state index contributed by atoms with van der Waals surface area (Å²) in [6.45, 7) is 3.74. The molecule has 3 rings (SSSR count). The largest absolute Gasteiger partial charge is 0.452 e. The average Bonchev–Trinajstić information content (AvgIpc) is 3.05. The van der Waals surface area contributed by atoms with Crippen LogP contribution in [0, 0.1) is 25.2 Å². The molecule has 1 fully saturated rings. The molecule has 0 aliphatic heterocycles. The van der Waals surface area contributed by atoms with E-state index in [9.17, 15) is 14.9 Å². The van der Waals surface area contributed by atoms with E-state index in [-0.39, 0.29) is 12.5 Å². The van der Waals surface area contributed by atoms with Crippen molar-refractivity contribution in [3.05, 3.63) is 52.8 Å². The minimum atomic E-state index is -0.797. The highest BCUT2D eigenvalue weighted by atomic mass is 16.5. The van der Waals surface area contributed by atoms with E-state index in [0.717, 1.165) is 24.8 Å². The van der Waals surface area contributed by atoms with E-state index in [1.165, 1.54) is 4.90 Å². The minimum Gasteiger partial charge on any atom is -0.452 e. The zero-order valence-corrected chi connectivity index (χ0v) is 17.9. The van der Waals surface area contributed by atoms with Gasteiger partial charge in [0, 0.05) is 7.05 Å². The highest BCUT2D eigenvalue weighted by molar-refractivity contribution is 5.93. The van der Waals surface area contributed by atoms with E-state index in [4.69, 9.17) is 4.74 Å². The van der Waals surface area contributed by atoms with E-state index >= 15 is 0 Å². The van der Waals surface area contributed by atoms with E-state index in [1.54, 1.807) is 18.7 Å². The monoisotopic (exact) mass is 408 g/mol. The maximum absolute atomic E-state index is 12.7. The number of ether oxygens (including phenoxy) is 1. The zero-order chi connectivity index (χ0) is 21.7. The van der Waals surface area contributed by atoms with E-state index in [1.807, 2.05) is 37.3 Å². The third-order valence-electron chi connectivity index (χ3n) is 5.99. The fraction of sp³-hybridized carbons (Fsp3) is 0.478. The number of benzene rings is 1. The first-order valence-electron chi connectivity index (χ1n) is 10.3. The number of nitriles is 1. The summed E-state index contributed by atoms with van der Waals surface area (Å²) in [5.41, 5.74) is 1.93. The zero-order valence-electron chi connectivity index (χ0n) is 17.9. The van der Waals surface area contributed by atoms with Crippen LogP contribution in [0.2, 0.25) is 0 Å². The molecule has 0 radical (unpaired) electrons. The number of rotatable bonds is 6. The van der Waals surface area contributed by atoms with Crippen molar-refractivity contribution < 1.29 is 14.3 Å². The predicted octanol–water partition coefficient (Wildman–Crippen LogP) is 3.39. The van der Waals surface area contributed by atoms with Gasteiger partial charge in [0.15, 0.2) is 6.61 Å². The molecular weight excluding hydrogens is 380 g/mol. The number of hydrogen-bond donors (Lipinski definition) is 0. The molecular formula is C23H28N4O3. The van der Waals surface area contributed by atoms with Gasteiger partial charge in [0.25, 0.3) is 5.91 Å². The second kappa shape index (κ2) is 9.12. The molecule has 1 aliphatic rings. The molecule has 1 amide bonds. The second-order valence-electron chi connectivity index (χ2n) is 7.92. The van der Waals surface area contributed by atoms with Gasteiger partial charge in [0.1, 0.15) is 11.1 Å². The van der Waals surface area contributed by atoms with Crippen molar-refractivity contribution >= 4 is 11.9 Å². The molecule has 30 heavy (non-hydrogen) atoms. The van der Waals surface area contributed by atoms with Crippen molar-refractivity contribution in [2.75, 3.05) is 13.7 Å². The molecule has 0 bridgehead atoms. The molecule has 1 aromatic carbocycles. The normalized spacial score (nSPS) is 15.3. The fourth-order valence-corrected chi connectivity index (χ4v) is 4.10. The predicted molar refractivity (Wildman–Crippen MR) is 112 cm³/mol. The molecule has 0 atom stereocenters. The van der Waals surface area contributed by atoms with E-state index < -0.39 is 11.5 Å². The van der Waals surface area contributed by atoms with Crippen LogP contribution in [0.4, 0.5) is 0 Å². The van der Waals surface area contributed by atoms with Crippen molar-refractivity contribution in [3.8, 4) is 6.07 Å². The number of likely N-dealkylation sites (N-methyl/N-ethyl adjacent to an activating group) is 1. The quantitative estimate of drug-likeness (QED) is 0.684. The lowest BCUT2D eigenvalue weighted by atomic mass is 9.81. The molecule has 1 saturated carbocycles. The van der Waals surface area contributed by atoms with Crippen LogP contribution in [0.1, 0.15) is 59.4 Å². The maximum Gasteiger partial charge on any atom is 0.342 e. The summed E-state index contributed by atoms with van der Waals surface area (Å²) in [4.78, 5) is 26.8. The van der Waals surface area contributed by atoms with Crippen molar-refractivity contribution in [3.63, 3.8) is 0 Å². The van der Waals surface area contributed by atoms with Gasteiger partial charge >= 0.3 is 5.97 Å². The number of amides is 1. The van der Waals surface area contributed by atoms with E-state index in [0.29, 0.717) is 36.3 Å². The average molecular weight is 409 g/mol. The van der Waals surface area contributed by atoms with Crippen LogP contribution < -0.4 is 0 Å². The Balaban J connectivity index is 1.66. The summed E-state index contributed by atoms with van der Waals surface area (Å²) in [5.74, 6) is -0.931. The summed E-state index contributed by atoms with van der Waals surface area (Å²) in [6.07, 6.45) is 4.23. The number of aryl methyl sites for hydroxylation is 1. The second-order valence-corrected chi connectivity index (χ2v) is 7.92. The highest BCUT2D eigenvalue weighted by Gasteiger charge is 2.39. The van der Waals surface area contributed by atoms with Crippen LogP contribution in [-0.4, -0.2) is 45.8 Å². The Kier molecular flexibility index (Phi) is 6.56. The first-order valence-corrected chi connectivity index (χ1v) is 10.3. The Labute approximate surface area is 177 Å². The van der Waals surface area contributed by atoms with Crippen LogP contribution in [0.25, 0.3) is 0 Å². The molecule has 0 saturated heterocycles. The van der Waals surface area contributed by atoms with Gasteiger partial charge < -0.3 is 9.64 Å². The van der Waals surface area contributed by atoms with Gasteiger partial charge in [-0.05, 0) is 32.3 Å². The number of hydrogen-bond acceptors (Lipinski definition) is 5. The first-order chi connectivity index (χ1) is 14.4. The van der Waals surface area contributed by atoms with Gasteiger partial charge in [-0.15, -0.1) is 0 Å². The van der Waals surface area contributed by atoms with Gasteiger partial charge in [-0.3, -0.25) is 9.48 Å². The number of carbonyl (C=O) groups is 2. The lowest BCUT2D eigenvalue weighted by Crippen LogP contribution is -2.51. The lowest BCUT2D eigenvalue weighted by molar-refractivity contribution is -0.138. The molecule has 2 aromatic rings. The van der Waals surface area contributed by atoms with Gasteiger partial charge in [-0.2, -0.15) is 10.4 Å². The summed E-state index contributed by atoms with van der Waals surface area (Å²) in [7, 11) is 1.62. The molecule has 0 unspecified atom stereocenters. The van der Waals surface area contributed by atoms with Crippen LogP contribution in [-0.2, 0) is 16.1 Å². The number of nitrogens with zero attached hydrogens (tertiary/aromatic N) is 4. The summed E-state index contributed by atoms with van der Waals surface area (Å²) in [5, 5.41) is 14.1. The van der Waals surface area contributed by atoms with Crippen LogP contribution >= 0.6 is 0 Å². The number of esters is 1. The SMILES string of the molecule is Cc1nn(Cc2ccccc2)c(C)c1C(=O)OCC(=O)N(C)C1(C#N)CCCCC1. The smallest absolute Gasteiger partial charge is 0.342 e. The number of carbonyl (C=O) groups excluding carboxylic acids is 2. The topological polar surface area (TPSA) is 88.2 Å². The highest BCUT2D eigenvalue weighted by Crippen LogP contribution is 2.32.